The van der Waals surface area contributed by atoms with Gasteiger partial charge in [0.05, 0.1) is 5.69 Å². The van der Waals surface area contributed by atoms with Gasteiger partial charge in [-0.2, -0.15) is 0 Å². The van der Waals surface area contributed by atoms with Crippen molar-refractivity contribution in [1.82, 2.24) is 0 Å². The zero-order chi connectivity index (χ0) is 40.5. The molecule has 0 bridgehead atoms. The minimum Gasteiger partial charge on any atom is -0.458 e. The number of thiophene rings is 1. The second-order valence-corrected chi connectivity index (χ2v) is 21.3. The maximum atomic E-state index is 6.77. The molecule has 2 aliphatic rings. The number of fused-ring (bicyclic) bond motifs is 7. The molecule has 1 aromatic heterocycles. The van der Waals surface area contributed by atoms with E-state index in [1.165, 1.54) is 73.6 Å². The largest absolute Gasteiger partial charge is 0.458 e. The normalized spacial score (nSPS) is 15.4. The highest BCUT2D eigenvalue weighted by atomic mass is 32.1. The lowest BCUT2D eigenvalue weighted by Crippen LogP contribution is -2.70. The fraction of sp³-hybridized carbons (Fsp3) is 0.0526. The van der Waals surface area contributed by atoms with Crippen LogP contribution in [0.1, 0.15) is 13.3 Å². The molecule has 0 saturated carbocycles. The third kappa shape index (κ3) is 5.67. The quantitative estimate of drug-likeness (QED) is 0.155. The maximum absolute atomic E-state index is 6.77. The summed E-state index contributed by atoms with van der Waals surface area (Å²) in [4.78, 5) is 2.48. The molecule has 61 heavy (non-hydrogen) atoms. The predicted molar refractivity (Wildman–Crippen MR) is 263 cm³/mol. The van der Waals surface area contributed by atoms with Gasteiger partial charge < -0.3 is 9.64 Å². The first-order valence-electron chi connectivity index (χ1n) is 21.2. The van der Waals surface area contributed by atoms with Crippen LogP contribution in [0.4, 0.5) is 17.1 Å². The van der Waals surface area contributed by atoms with Gasteiger partial charge in [0.1, 0.15) is 11.5 Å². The summed E-state index contributed by atoms with van der Waals surface area (Å²) < 4.78 is 9.36. The van der Waals surface area contributed by atoms with Crippen LogP contribution < -0.4 is 25.2 Å². The van der Waals surface area contributed by atoms with Crippen LogP contribution >= 0.6 is 11.3 Å². The van der Waals surface area contributed by atoms with Gasteiger partial charge in [0.25, 0.3) is 0 Å². The van der Waals surface area contributed by atoms with Gasteiger partial charge in [0.15, 0.2) is 8.07 Å². The van der Waals surface area contributed by atoms with Crippen molar-refractivity contribution in [2.75, 3.05) is 4.90 Å². The van der Waals surface area contributed by atoms with Crippen molar-refractivity contribution >= 4 is 93.8 Å². The summed E-state index contributed by atoms with van der Waals surface area (Å²) in [5.74, 6) is 2.37. The summed E-state index contributed by atoms with van der Waals surface area (Å²) >= 11 is 1.87. The molecule has 2 nitrogen and oxygen atoms in total. The molecule has 0 fully saturated rings. The lowest BCUT2D eigenvalue weighted by molar-refractivity contribution is 0.487. The van der Waals surface area contributed by atoms with Crippen LogP contribution in [0.25, 0.3) is 52.8 Å². The number of rotatable bonds is 6. The van der Waals surface area contributed by atoms with E-state index in [1.807, 2.05) is 11.3 Å². The van der Waals surface area contributed by atoms with Crippen LogP contribution in [-0.2, 0) is 0 Å². The highest BCUT2D eigenvalue weighted by molar-refractivity contribution is 7.25. The standard InChI is InChI=1S/C57H41NOSSi/c1-38-14-10-17-43(36-38)61(56-27-8-5-24-51(56)59-52-25-6-9-28-57(52)61)55-29-13-21-46-49(55)22-12-23-50(46)58(42-34-35-48-47-19-4-7-26-53(47)60-54(48)37-42)41-32-30-40(31-33-41)45-20-11-16-39-15-2-3-18-44(39)45/h2-35,37-38H,36H2,1H3. The molecule has 1 aliphatic carbocycles. The zero-order valence-electron chi connectivity index (χ0n) is 33.8. The van der Waals surface area contributed by atoms with E-state index in [9.17, 15) is 0 Å². The number of hydrogen-bond acceptors (Lipinski definition) is 3. The number of nitrogens with zero attached hydrogens (tertiary/aromatic N) is 1. The first-order valence-corrected chi connectivity index (χ1v) is 24.0. The molecule has 10 aromatic rings. The van der Waals surface area contributed by atoms with Gasteiger partial charge in [-0.1, -0.05) is 176 Å². The van der Waals surface area contributed by atoms with Crippen LogP contribution in [-0.4, -0.2) is 8.07 Å². The molecular weight excluding hydrogens is 775 g/mol. The van der Waals surface area contributed by atoms with Crippen LogP contribution in [0, 0.1) is 5.92 Å². The van der Waals surface area contributed by atoms with E-state index in [0.717, 1.165) is 35.0 Å². The molecule has 2 heterocycles. The number of para-hydroxylation sites is 2. The topological polar surface area (TPSA) is 12.5 Å². The Morgan fingerprint density at radius 2 is 1.15 bits per heavy atom. The average molecular weight is 816 g/mol. The Bertz CT molecular complexity index is 3360. The summed E-state index contributed by atoms with van der Waals surface area (Å²) in [6.07, 6.45) is 8.08. The van der Waals surface area contributed by atoms with Gasteiger partial charge in [-0.15, -0.1) is 11.3 Å². The molecule has 4 heteroatoms. The molecule has 0 saturated heterocycles. The molecule has 290 valence electrons. The fourth-order valence-corrected chi connectivity index (χ4v) is 17.0. The Kier molecular flexibility index (Phi) is 8.44. The summed E-state index contributed by atoms with van der Waals surface area (Å²) in [7, 11) is -2.88. The fourth-order valence-electron chi connectivity index (χ4n) is 10.3. The second kappa shape index (κ2) is 14.3. The molecule has 12 rings (SSSR count). The minimum absolute atomic E-state index is 0.438. The monoisotopic (exact) mass is 815 g/mol. The van der Waals surface area contributed by atoms with E-state index in [0.29, 0.717) is 5.92 Å². The van der Waals surface area contributed by atoms with E-state index in [4.69, 9.17) is 4.74 Å². The van der Waals surface area contributed by atoms with Crippen molar-refractivity contribution in [1.29, 1.82) is 0 Å². The minimum atomic E-state index is -2.88. The lowest BCUT2D eigenvalue weighted by atomic mass is 9.98. The van der Waals surface area contributed by atoms with Crippen LogP contribution in [0.15, 0.2) is 218 Å². The van der Waals surface area contributed by atoms with Gasteiger partial charge in [0.2, 0.25) is 0 Å². The van der Waals surface area contributed by atoms with E-state index >= 15 is 0 Å². The van der Waals surface area contributed by atoms with Crippen LogP contribution in [0.2, 0.25) is 0 Å². The first kappa shape index (κ1) is 35.9. The lowest BCUT2D eigenvalue weighted by Gasteiger charge is -2.42. The van der Waals surface area contributed by atoms with Gasteiger partial charge >= 0.3 is 0 Å². The summed E-state index contributed by atoms with van der Waals surface area (Å²) in [5, 5.41) is 13.2. The van der Waals surface area contributed by atoms with Crippen molar-refractivity contribution in [3.8, 4) is 22.6 Å². The van der Waals surface area contributed by atoms with Gasteiger partial charge in [-0.3, -0.25) is 0 Å². The Hall–Kier alpha value is -6.98. The highest BCUT2D eigenvalue weighted by Crippen LogP contribution is 2.44. The molecule has 1 atom stereocenters. The second-order valence-electron chi connectivity index (χ2n) is 16.5. The van der Waals surface area contributed by atoms with Crippen molar-refractivity contribution in [3.63, 3.8) is 0 Å². The third-order valence-electron chi connectivity index (χ3n) is 13.0. The van der Waals surface area contributed by atoms with Crippen molar-refractivity contribution < 1.29 is 4.74 Å². The van der Waals surface area contributed by atoms with Gasteiger partial charge in [0, 0.05) is 36.9 Å². The number of anilines is 3. The number of benzene rings is 9. The molecule has 0 N–H and O–H groups in total. The van der Waals surface area contributed by atoms with Crippen LogP contribution in [0.3, 0.4) is 0 Å². The Labute approximate surface area is 361 Å². The maximum Gasteiger partial charge on any atom is 0.185 e. The smallest absolute Gasteiger partial charge is 0.185 e. The van der Waals surface area contributed by atoms with E-state index in [-0.39, 0.29) is 0 Å². The average Bonchev–Trinajstić information content (AvgIpc) is 3.69. The SMILES string of the molecule is CC1C=CC=C([Si]2(c3cccc4c(N(c5ccc(-c6cccc7ccccc67)cc5)c5ccc6c(c5)sc5ccccc56)cccc34)c3ccccc3Oc3ccccc32)C1. The first-order chi connectivity index (χ1) is 30.1. The zero-order valence-corrected chi connectivity index (χ0v) is 35.6. The highest BCUT2D eigenvalue weighted by Gasteiger charge is 2.50. The van der Waals surface area contributed by atoms with E-state index in [1.54, 1.807) is 0 Å². The Morgan fingerprint density at radius 3 is 1.97 bits per heavy atom. The molecule has 1 aliphatic heterocycles. The molecule has 0 radical (unpaired) electrons. The van der Waals surface area contributed by atoms with Crippen molar-refractivity contribution in [2.45, 2.75) is 13.3 Å². The number of allylic oxidation sites excluding steroid dienone is 4. The predicted octanol–water partition coefficient (Wildman–Crippen LogP) is 14.1. The van der Waals surface area contributed by atoms with Gasteiger partial charge in [-0.05, 0) is 104 Å². The Morgan fingerprint density at radius 1 is 0.525 bits per heavy atom. The van der Waals surface area contributed by atoms with Gasteiger partial charge in [-0.25, -0.2) is 0 Å². The van der Waals surface area contributed by atoms with Crippen LogP contribution in [0.5, 0.6) is 11.5 Å². The Balaban J connectivity index is 1.11. The molecule has 0 spiro atoms. The van der Waals surface area contributed by atoms with E-state index < -0.39 is 8.07 Å². The van der Waals surface area contributed by atoms with Crippen molar-refractivity contribution in [3.05, 3.63) is 218 Å². The summed E-state index contributed by atoms with van der Waals surface area (Å²) in [6.45, 7) is 2.35. The third-order valence-corrected chi connectivity index (χ3v) is 19.1. The summed E-state index contributed by atoms with van der Waals surface area (Å²) in [6, 6.07) is 71.9. The van der Waals surface area contributed by atoms with Crippen molar-refractivity contribution in [2.24, 2.45) is 5.92 Å². The number of hydrogen-bond donors (Lipinski definition) is 0. The molecule has 1 unspecified atom stereocenters. The summed E-state index contributed by atoms with van der Waals surface area (Å²) in [5.41, 5.74) is 5.85. The number of ether oxygens (including phenoxy) is 1. The molecular formula is C57H41NOSSi. The van der Waals surface area contributed by atoms with E-state index in [2.05, 4.69) is 224 Å². The molecule has 9 aromatic carbocycles. The molecule has 0 amide bonds.